The lowest BCUT2D eigenvalue weighted by Gasteiger charge is -2.35. The molecule has 0 radical (unpaired) electrons. The summed E-state index contributed by atoms with van der Waals surface area (Å²) in [5, 5.41) is 14.9. The first-order valence-corrected chi connectivity index (χ1v) is 9.79. The lowest BCUT2D eigenvalue weighted by atomic mass is 10.1. The van der Waals surface area contributed by atoms with E-state index in [0.29, 0.717) is 37.2 Å². The third-order valence-corrected chi connectivity index (χ3v) is 4.92. The average Bonchev–Trinajstić information content (AvgIpc) is 2.69. The van der Waals surface area contributed by atoms with Gasteiger partial charge in [0.1, 0.15) is 6.33 Å². The standard InChI is InChI=1S/C20H28N6O2/c1-16(2)8-9-21-19-18(26(27)28)20(23-15-22-19)25-12-10-24(11-13-25)14-17-6-4-3-5-7-17/h3-7,15-16H,8-14H2,1-2H3,(H,21,22,23). The van der Waals surface area contributed by atoms with E-state index in [1.807, 2.05) is 23.1 Å². The summed E-state index contributed by atoms with van der Waals surface area (Å²) in [4.78, 5) is 24.1. The molecule has 1 aromatic carbocycles. The SMILES string of the molecule is CC(C)CCNc1ncnc(N2CCN(Cc3ccccc3)CC2)c1[N+](=O)[O-]. The summed E-state index contributed by atoms with van der Waals surface area (Å²) in [5.41, 5.74) is 1.25. The van der Waals surface area contributed by atoms with Crippen LogP contribution in [0.1, 0.15) is 25.8 Å². The highest BCUT2D eigenvalue weighted by Gasteiger charge is 2.29. The lowest BCUT2D eigenvalue weighted by molar-refractivity contribution is -0.383. The number of nitrogens with one attached hydrogen (secondary N) is 1. The van der Waals surface area contributed by atoms with E-state index in [9.17, 15) is 10.1 Å². The Morgan fingerprint density at radius 1 is 1.14 bits per heavy atom. The molecule has 1 aromatic heterocycles. The van der Waals surface area contributed by atoms with Crippen LogP contribution in [-0.4, -0.2) is 52.5 Å². The highest BCUT2D eigenvalue weighted by atomic mass is 16.6. The van der Waals surface area contributed by atoms with Crippen LogP contribution in [0.2, 0.25) is 0 Å². The summed E-state index contributed by atoms with van der Waals surface area (Å²) in [6.07, 6.45) is 2.34. The van der Waals surface area contributed by atoms with Gasteiger partial charge in [-0.1, -0.05) is 44.2 Å². The fourth-order valence-electron chi connectivity index (χ4n) is 3.34. The molecular weight excluding hydrogens is 356 g/mol. The van der Waals surface area contributed by atoms with Crippen molar-refractivity contribution in [1.82, 2.24) is 14.9 Å². The average molecular weight is 384 g/mol. The third-order valence-electron chi connectivity index (χ3n) is 4.92. The highest BCUT2D eigenvalue weighted by molar-refractivity contribution is 5.70. The smallest absolute Gasteiger partial charge is 0.353 e. The minimum absolute atomic E-state index is 0.0252. The summed E-state index contributed by atoms with van der Waals surface area (Å²) >= 11 is 0. The zero-order valence-electron chi connectivity index (χ0n) is 16.5. The molecule has 1 aliphatic heterocycles. The van der Waals surface area contributed by atoms with E-state index in [4.69, 9.17) is 0 Å². The topological polar surface area (TPSA) is 87.4 Å². The van der Waals surface area contributed by atoms with E-state index >= 15 is 0 Å². The number of hydrogen-bond donors (Lipinski definition) is 1. The zero-order chi connectivity index (χ0) is 19.9. The lowest BCUT2D eigenvalue weighted by Crippen LogP contribution is -2.46. The minimum Gasteiger partial charge on any atom is -0.364 e. The fraction of sp³-hybridized carbons (Fsp3) is 0.500. The summed E-state index contributed by atoms with van der Waals surface area (Å²) in [7, 11) is 0. The second-order valence-corrected chi connectivity index (χ2v) is 7.51. The van der Waals surface area contributed by atoms with Crippen molar-refractivity contribution < 1.29 is 4.92 Å². The van der Waals surface area contributed by atoms with Crippen molar-refractivity contribution in [3.8, 4) is 0 Å². The Bertz CT molecular complexity index is 776. The summed E-state index contributed by atoms with van der Waals surface area (Å²) in [5.74, 6) is 1.24. The maximum atomic E-state index is 11.7. The van der Waals surface area contributed by atoms with Gasteiger partial charge in [0.25, 0.3) is 0 Å². The predicted octanol–water partition coefficient (Wildman–Crippen LogP) is 3.17. The van der Waals surface area contributed by atoms with Gasteiger partial charge < -0.3 is 10.2 Å². The summed E-state index contributed by atoms with van der Waals surface area (Å²) in [6, 6.07) is 10.4. The summed E-state index contributed by atoms with van der Waals surface area (Å²) in [6.45, 7) is 8.87. The van der Waals surface area contributed by atoms with E-state index in [0.717, 1.165) is 26.1 Å². The van der Waals surface area contributed by atoms with Crippen LogP contribution < -0.4 is 10.2 Å². The van der Waals surface area contributed by atoms with Crippen LogP contribution in [0.3, 0.4) is 0 Å². The largest absolute Gasteiger partial charge is 0.364 e. The molecule has 0 bridgehead atoms. The molecule has 3 rings (SSSR count). The van der Waals surface area contributed by atoms with Crippen molar-refractivity contribution in [2.24, 2.45) is 5.92 Å². The summed E-state index contributed by atoms with van der Waals surface area (Å²) < 4.78 is 0. The number of nitrogens with zero attached hydrogens (tertiary/aromatic N) is 5. The van der Waals surface area contributed by atoms with Gasteiger partial charge in [0.05, 0.1) is 4.92 Å². The maximum Gasteiger partial charge on any atom is 0.353 e. The molecule has 1 N–H and O–H groups in total. The van der Waals surface area contributed by atoms with Crippen LogP contribution in [0, 0.1) is 16.0 Å². The van der Waals surface area contributed by atoms with Crippen LogP contribution in [0.5, 0.6) is 0 Å². The van der Waals surface area contributed by atoms with Gasteiger partial charge in [-0.15, -0.1) is 0 Å². The first-order chi connectivity index (χ1) is 13.5. The fourth-order valence-corrected chi connectivity index (χ4v) is 3.34. The van der Waals surface area contributed by atoms with Gasteiger partial charge in [-0.05, 0) is 17.9 Å². The van der Waals surface area contributed by atoms with Crippen LogP contribution in [-0.2, 0) is 6.54 Å². The van der Waals surface area contributed by atoms with E-state index in [1.165, 1.54) is 11.9 Å². The van der Waals surface area contributed by atoms with Gasteiger partial charge in [0, 0.05) is 39.3 Å². The van der Waals surface area contributed by atoms with Crippen LogP contribution in [0.4, 0.5) is 17.3 Å². The van der Waals surface area contributed by atoms with Crippen LogP contribution >= 0.6 is 0 Å². The molecule has 0 saturated carbocycles. The maximum absolute atomic E-state index is 11.7. The molecule has 1 aliphatic rings. The van der Waals surface area contributed by atoms with Crippen molar-refractivity contribution in [2.45, 2.75) is 26.8 Å². The Hall–Kier alpha value is -2.74. The van der Waals surface area contributed by atoms with Gasteiger partial charge in [0.2, 0.25) is 11.6 Å². The van der Waals surface area contributed by atoms with E-state index in [-0.39, 0.29) is 10.6 Å². The Kier molecular flexibility index (Phi) is 6.76. The number of hydrogen-bond acceptors (Lipinski definition) is 7. The zero-order valence-corrected chi connectivity index (χ0v) is 16.5. The predicted molar refractivity (Wildman–Crippen MR) is 111 cm³/mol. The molecule has 0 unspecified atom stereocenters. The second kappa shape index (κ2) is 9.45. The molecule has 150 valence electrons. The van der Waals surface area contributed by atoms with Crippen molar-refractivity contribution in [1.29, 1.82) is 0 Å². The molecule has 28 heavy (non-hydrogen) atoms. The second-order valence-electron chi connectivity index (χ2n) is 7.51. The van der Waals surface area contributed by atoms with Gasteiger partial charge in [-0.3, -0.25) is 15.0 Å². The van der Waals surface area contributed by atoms with Crippen molar-refractivity contribution in [3.05, 3.63) is 52.3 Å². The van der Waals surface area contributed by atoms with Crippen molar-refractivity contribution >= 4 is 17.3 Å². The molecule has 0 amide bonds. The first-order valence-electron chi connectivity index (χ1n) is 9.79. The van der Waals surface area contributed by atoms with Crippen LogP contribution in [0.15, 0.2) is 36.7 Å². The Morgan fingerprint density at radius 3 is 2.50 bits per heavy atom. The molecular formula is C20H28N6O2. The van der Waals surface area contributed by atoms with E-state index < -0.39 is 0 Å². The Labute approximate surface area is 165 Å². The van der Waals surface area contributed by atoms with Gasteiger partial charge in [0.15, 0.2) is 0 Å². The van der Waals surface area contributed by atoms with E-state index in [2.05, 4.69) is 46.2 Å². The first kappa shape index (κ1) is 20.0. The molecule has 8 heteroatoms. The number of aromatic nitrogens is 2. The van der Waals surface area contributed by atoms with E-state index in [1.54, 1.807) is 0 Å². The third kappa shape index (κ3) is 5.16. The molecule has 0 atom stereocenters. The molecule has 2 heterocycles. The molecule has 8 nitrogen and oxygen atoms in total. The van der Waals surface area contributed by atoms with Gasteiger partial charge in [-0.25, -0.2) is 9.97 Å². The number of nitro groups is 1. The normalized spacial score (nSPS) is 15.0. The Balaban J connectivity index is 1.67. The number of rotatable bonds is 8. The quantitative estimate of drug-likeness (QED) is 0.552. The number of benzene rings is 1. The Morgan fingerprint density at radius 2 is 1.86 bits per heavy atom. The highest BCUT2D eigenvalue weighted by Crippen LogP contribution is 2.32. The molecule has 1 saturated heterocycles. The molecule has 1 fully saturated rings. The molecule has 0 aliphatic carbocycles. The van der Waals surface area contributed by atoms with Crippen LogP contribution in [0.25, 0.3) is 0 Å². The molecule has 0 spiro atoms. The minimum atomic E-state index is -0.372. The monoisotopic (exact) mass is 384 g/mol. The van der Waals surface area contributed by atoms with Crippen molar-refractivity contribution in [3.63, 3.8) is 0 Å². The molecule has 2 aromatic rings. The van der Waals surface area contributed by atoms with Crippen molar-refractivity contribution in [2.75, 3.05) is 42.9 Å². The van der Waals surface area contributed by atoms with Gasteiger partial charge >= 0.3 is 5.69 Å². The number of piperazine rings is 1. The number of anilines is 2. The van der Waals surface area contributed by atoms with Gasteiger partial charge in [-0.2, -0.15) is 0 Å².